The standard InChI is InChI=1S/C26H34O6/c1-17-22(13-11-20(24(17)28)21(27)16-26(2,3)4)32-14-8-6-7-9-18-15-19(25(29)30)10-12-23(18)31-5/h10-13,15,28H,6-9,14,16H2,1-5H3,(H,29,30). The van der Waals surface area contributed by atoms with E-state index in [2.05, 4.69) is 0 Å². The molecule has 0 spiro atoms. The Morgan fingerprint density at radius 3 is 2.31 bits per heavy atom. The van der Waals surface area contributed by atoms with Crippen LogP contribution in [0.3, 0.4) is 0 Å². The normalized spacial score (nSPS) is 11.3. The van der Waals surface area contributed by atoms with E-state index < -0.39 is 5.97 Å². The third-order valence-corrected chi connectivity index (χ3v) is 5.25. The lowest BCUT2D eigenvalue weighted by atomic mass is 9.87. The molecule has 0 aromatic heterocycles. The number of aromatic carboxylic acids is 1. The maximum Gasteiger partial charge on any atom is 0.335 e. The molecule has 0 aliphatic carbocycles. The summed E-state index contributed by atoms with van der Waals surface area (Å²) in [5.74, 6) is 0.227. The van der Waals surface area contributed by atoms with Crippen molar-refractivity contribution in [2.45, 2.75) is 59.8 Å². The van der Waals surface area contributed by atoms with E-state index in [1.165, 1.54) is 6.07 Å². The molecule has 6 nitrogen and oxygen atoms in total. The van der Waals surface area contributed by atoms with Crippen molar-refractivity contribution >= 4 is 11.8 Å². The maximum atomic E-state index is 12.5. The second kappa shape index (κ2) is 11.0. The Kier molecular flexibility index (Phi) is 8.70. The third kappa shape index (κ3) is 7.01. The molecule has 0 aliphatic heterocycles. The molecule has 0 radical (unpaired) electrons. The van der Waals surface area contributed by atoms with Crippen LogP contribution in [-0.2, 0) is 6.42 Å². The van der Waals surface area contributed by atoms with Crippen LogP contribution < -0.4 is 9.47 Å². The van der Waals surface area contributed by atoms with Gasteiger partial charge in [-0.1, -0.05) is 20.8 Å². The molecule has 0 atom stereocenters. The van der Waals surface area contributed by atoms with Gasteiger partial charge in [0, 0.05) is 12.0 Å². The number of Topliss-reactive ketones (excluding diaryl/α,β-unsaturated/α-hetero) is 1. The third-order valence-electron chi connectivity index (χ3n) is 5.25. The van der Waals surface area contributed by atoms with Crippen LogP contribution in [0.5, 0.6) is 17.2 Å². The smallest absolute Gasteiger partial charge is 0.335 e. The SMILES string of the molecule is COc1ccc(C(=O)O)cc1CCCCCOc1ccc(C(=O)CC(C)(C)C)c(O)c1C. The van der Waals surface area contributed by atoms with E-state index in [1.54, 1.807) is 38.3 Å². The predicted octanol–water partition coefficient (Wildman–Crippen LogP) is 5.82. The maximum absolute atomic E-state index is 12.5. The average Bonchev–Trinajstić information content (AvgIpc) is 2.71. The summed E-state index contributed by atoms with van der Waals surface area (Å²) in [5, 5.41) is 19.6. The lowest BCUT2D eigenvalue weighted by Gasteiger charge is -2.18. The van der Waals surface area contributed by atoms with Crippen molar-refractivity contribution in [1.29, 1.82) is 0 Å². The van der Waals surface area contributed by atoms with Crippen LogP contribution in [0.15, 0.2) is 30.3 Å². The van der Waals surface area contributed by atoms with Crippen LogP contribution in [0.4, 0.5) is 0 Å². The quantitative estimate of drug-likeness (QED) is 0.336. The highest BCUT2D eigenvalue weighted by atomic mass is 16.5. The van der Waals surface area contributed by atoms with Crippen molar-refractivity contribution in [3.05, 3.63) is 52.6 Å². The Bertz CT molecular complexity index is 956. The lowest BCUT2D eigenvalue weighted by Crippen LogP contribution is -2.13. The molecule has 0 saturated carbocycles. The van der Waals surface area contributed by atoms with Gasteiger partial charge in [-0.3, -0.25) is 4.79 Å². The molecule has 6 heteroatoms. The van der Waals surface area contributed by atoms with E-state index in [1.807, 2.05) is 20.8 Å². The van der Waals surface area contributed by atoms with Gasteiger partial charge in [-0.25, -0.2) is 4.79 Å². The zero-order chi connectivity index (χ0) is 23.9. The number of ether oxygens (including phenoxy) is 2. The van der Waals surface area contributed by atoms with E-state index in [-0.39, 0.29) is 22.5 Å². The molecule has 0 fully saturated rings. The number of aromatic hydroxyl groups is 1. The number of unbranched alkanes of at least 4 members (excludes halogenated alkanes) is 2. The number of hydrogen-bond acceptors (Lipinski definition) is 5. The van der Waals surface area contributed by atoms with Crippen molar-refractivity contribution < 1.29 is 29.3 Å². The molecule has 0 saturated heterocycles. The van der Waals surface area contributed by atoms with Crippen LogP contribution in [0.2, 0.25) is 0 Å². The fourth-order valence-corrected chi connectivity index (χ4v) is 3.52. The van der Waals surface area contributed by atoms with Gasteiger partial charge >= 0.3 is 5.97 Å². The molecular formula is C26H34O6. The number of methoxy groups -OCH3 is 1. The Morgan fingerprint density at radius 1 is 1.00 bits per heavy atom. The second-order valence-corrected chi connectivity index (χ2v) is 9.24. The van der Waals surface area contributed by atoms with E-state index in [0.29, 0.717) is 42.1 Å². The molecule has 2 aromatic carbocycles. The monoisotopic (exact) mass is 442 g/mol. The van der Waals surface area contributed by atoms with Gasteiger partial charge in [0.2, 0.25) is 0 Å². The lowest BCUT2D eigenvalue weighted by molar-refractivity contribution is 0.0696. The van der Waals surface area contributed by atoms with Gasteiger partial charge in [0.15, 0.2) is 5.78 Å². The predicted molar refractivity (Wildman–Crippen MR) is 124 cm³/mol. The average molecular weight is 443 g/mol. The van der Waals surface area contributed by atoms with Gasteiger partial charge in [-0.2, -0.15) is 0 Å². The van der Waals surface area contributed by atoms with E-state index in [0.717, 1.165) is 24.8 Å². The van der Waals surface area contributed by atoms with Crippen LogP contribution in [-0.4, -0.2) is 35.7 Å². The molecule has 2 aromatic rings. The molecule has 0 amide bonds. The number of ketones is 1. The number of phenolic OH excluding ortho intramolecular Hbond substituents is 1. The Balaban J connectivity index is 1.86. The number of carboxylic acids is 1. The van der Waals surface area contributed by atoms with E-state index in [9.17, 15) is 14.7 Å². The van der Waals surface area contributed by atoms with Crippen molar-refractivity contribution in [2.75, 3.05) is 13.7 Å². The largest absolute Gasteiger partial charge is 0.507 e. The summed E-state index contributed by atoms with van der Waals surface area (Å²) in [7, 11) is 1.58. The molecule has 0 aliphatic rings. The molecule has 174 valence electrons. The molecule has 0 heterocycles. The van der Waals surface area contributed by atoms with Gasteiger partial charge in [-0.15, -0.1) is 0 Å². The van der Waals surface area contributed by atoms with Gasteiger partial charge in [0.05, 0.1) is 24.8 Å². The van der Waals surface area contributed by atoms with Gasteiger partial charge in [-0.05, 0) is 73.9 Å². The highest BCUT2D eigenvalue weighted by Crippen LogP contribution is 2.33. The van der Waals surface area contributed by atoms with Crippen molar-refractivity contribution in [2.24, 2.45) is 5.41 Å². The first-order valence-corrected chi connectivity index (χ1v) is 10.9. The fraction of sp³-hybridized carbons (Fsp3) is 0.462. The zero-order valence-electron chi connectivity index (χ0n) is 19.7. The summed E-state index contributed by atoms with van der Waals surface area (Å²) in [6.07, 6.45) is 3.65. The summed E-state index contributed by atoms with van der Waals surface area (Å²) < 4.78 is 11.2. The van der Waals surface area contributed by atoms with Crippen LogP contribution in [0.1, 0.15) is 78.3 Å². The van der Waals surface area contributed by atoms with Crippen LogP contribution >= 0.6 is 0 Å². The van der Waals surface area contributed by atoms with Crippen molar-refractivity contribution in [1.82, 2.24) is 0 Å². The minimum absolute atomic E-state index is 0.0119. The Hall–Kier alpha value is -3.02. The topological polar surface area (TPSA) is 93.1 Å². The minimum Gasteiger partial charge on any atom is -0.507 e. The number of phenols is 1. The summed E-state index contributed by atoms with van der Waals surface area (Å²) in [4.78, 5) is 23.6. The summed E-state index contributed by atoms with van der Waals surface area (Å²) in [6, 6.07) is 8.26. The van der Waals surface area contributed by atoms with E-state index >= 15 is 0 Å². The van der Waals surface area contributed by atoms with Crippen LogP contribution in [0.25, 0.3) is 0 Å². The van der Waals surface area contributed by atoms with Crippen LogP contribution in [0, 0.1) is 12.3 Å². The molecule has 2 rings (SSSR count). The molecule has 0 unspecified atom stereocenters. The zero-order valence-corrected chi connectivity index (χ0v) is 19.7. The summed E-state index contributed by atoms with van der Waals surface area (Å²) in [6.45, 7) is 8.21. The number of hydrogen-bond donors (Lipinski definition) is 2. The number of aryl methyl sites for hydroxylation is 1. The van der Waals surface area contributed by atoms with Crippen molar-refractivity contribution in [3.8, 4) is 17.2 Å². The van der Waals surface area contributed by atoms with E-state index in [4.69, 9.17) is 14.6 Å². The molecule has 32 heavy (non-hydrogen) atoms. The first kappa shape index (κ1) is 25.2. The highest BCUT2D eigenvalue weighted by Gasteiger charge is 2.21. The molecular weight excluding hydrogens is 408 g/mol. The second-order valence-electron chi connectivity index (χ2n) is 9.24. The number of carbonyl (C=O) groups is 2. The number of carboxylic acid groups (broad SMARTS) is 1. The number of benzene rings is 2. The minimum atomic E-state index is -0.952. The van der Waals surface area contributed by atoms with Gasteiger partial charge < -0.3 is 19.7 Å². The summed E-state index contributed by atoms with van der Waals surface area (Å²) in [5.41, 5.74) is 1.89. The Labute approximate surface area is 190 Å². The number of carbonyl (C=O) groups excluding carboxylic acids is 1. The first-order chi connectivity index (χ1) is 15.0. The highest BCUT2D eigenvalue weighted by molar-refractivity contribution is 5.99. The number of rotatable bonds is 11. The fourth-order valence-electron chi connectivity index (χ4n) is 3.52. The summed E-state index contributed by atoms with van der Waals surface area (Å²) >= 11 is 0. The molecule has 2 N–H and O–H groups in total. The Morgan fingerprint density at radius 2 is 1.69 bits per heavy atom. The van der Waals surface area contributed by atoms with Crippen molar-refractivity contribution in [3.63, 3.8) is 0 Å². The first-order valence-electron chi connectivity index (χ1n) is 10.9. The van der Waals surface area contributed by atoms with Gasteiger partial charge in [0.25, 0.3) is 0 Å². The molecule has 0 bridgehead atoms. The van der Waals surface area contributed by atoms with Gasteiger partial charge in [0.1, 0.15) is 17.2 Å².